The van der Waals surface area contributed by atoms with Gasteiger partial charge in [-0.15, -0.1) is 0 Å². The molecule has 0 aliphatic rings. The first kappa shape index (κ1) is 9.17. The Kier molecular flexibility index (Phi) is 2.79. The number of rotatable bonds is 2. The molecular formula is C10H14FN. The summed E-state index contributed by atoms with van der Waals surface area (Å²) >= 11 is 0. The molecule has 0 atom stereocenters. The lowest BCUT2D eigenvalue weighted by Crippen LogP contribution is -1.99. The number of aryl methyl sites for hydroxylation is 1. The van der Waals surface area contributed by atoms with Crippen LogP contribution in [0, 0.1) is 18.8 Å². The molecule has 1 aromatic rings. The first-order chi connectivity index (χ1) is 5.59. The Morgan fingerprint density at radius 1 is 1.42 bits per heavy atom. The first-order valence-electron chi connectivity index (χ1n) is 4.21. The smallest absolute Gasteiger partial charge is 0.213 e. The fourth-order valence-electron chi connectivity index (χ4n) is 1.21. The van der Waals surface area contributed by atoms with Crippen molar-refractivity contribution in [3.63, 3.8) is 0 Å². The van der Waals surface area contributed by atoms with E-state index in [-0.39, 0.29) is 5.95 Å². The van der Waals surface area contributed by atoms with E-state index in [0.717, 1.165) is 17.7 Å². The summed E-state index contributed by atoms with van der Waals surface area (Å²) in [6, 6.07) is 3.24. The predicted molar refractivity (Wildman–Crippen MR) is 47.5 cm³/mol. The number of hydrogen-bond acceptors (Lipinski definition) is 1. The third-order valence-corrected chi connectivity index (χ3v) is 1.79. The van der Waals surface area contributed by atoms with Crippen LogP contribution in [0.5, 0.6) is 0 Å². The van der Waals surface area contributed by atoms with Crippen LogP contribution in [0.4, 0.5) is 4.39 Å². The van der Waals surface area contributed by atoms with Crippen molar-refractivity contribution >= 4 is 0 Å². The number of halogens is 1. The minimum Gasteiger partial charge on any atom is -0.225 e. The van der Waals surface area contributed by atoms with Gasteiger partial charge < -0.3 is 0 Å². The van der Waals surface area contributed by atoms with Crippen molar-refractivity contribution in [3.8, 4) is 0 Å². The molecule has 0 bridgehead atoms. The number of nitrogens with zero attached hydrogens (tertiary/aromatic N) is 1. The lowest BCUT2D eigenvalue weighted by atomic mass is 10.0. The van der Waals surface area contributed by atoms with Crippen molar-refractivity contribution in [3.05, 3.63) is 29.3 Å². The highest BCUT2D eigenvalue weighted by Crippen LogP contribution is 2.11. The van der Waals surface area contributed by atoms with Gasteiger partial charge in [0.1, 0.15) is 0 Å². The number of hydrogen-bond donors (Lipinski definition) is 0. The molecular weight excluding hydrogens is 153 g/mol. The Morgan fingerprint density at radius 3 is 2.58 bits per heavy atom. The molecule has 0 saturated carbocycles. The van der Waals surface area contributed by atoms with E-state index in [1.54, 1.807) is 0 Å². The van der Waals surface area contributed by atoms with Gasteiger partial charge in [0.15, 0.2) is 0 Å². The lowest BCUT2D eigenvalue weighted by Gasteiger charge is -2.06. The molecule has 12 heavy (non-hydrogen) atoms. The van der Waals surface area contributed by atoms with Crippen LogP contribution in [0.3, 0.4) is 0 Å². The van der Waals surface area contributed by atoms with Crippen LogP contribution >= 0.6 is 0 Å². The Balaban J connectivity index is 2.86. The highest BCUT2D eigenvalue weighted by atomic mass is 19.1. The average molecular weight is 167 g/mol. The summed E-state index contributed by atoms with van der Waals surface area (Å²) < 4.78 is 12.6. The Morgan fingerprint density at radius 2 is 2.08 bits per heavy atom. The molecule has 0 fully saturated rings. The quantitative estimate of drug-likeness (QED) is 0.617. The summed E-state index contributed by atoms with van der Waals surface area (Å²) in [5, 5.41) is 0. The molecule has 2 heteroatoms. The summed E-state index contributed by atoms with van der Waals surface area (Å²) in [6.45, 7) is 6.13. The van der Waals surface area contributed by atoms with Crippen molar-refractivity contribution in [1.82, 2.24) is 4.98 Å². The van der Waals surface area contributed by atoms with Gasteiger partial charge in [-0.1, -0.05) is 19.9 Å². The lowest BCUT2D eigenvalue weighted by molar-refractivity contribution is 0.573. The average Bonchev–Trinajstić information content (AvgIpc) is 1.94. The van der Waals surface area contributed by atoms with Crippen LogP contribution < -0.4 is 0 Å². The van der Waals surface area contributed by atoms with Crippen molar-refractivity contribution in [2.75, 3.05) is 0 Å². The number of pyridine rings is 1. The predicted octanol–water partition coefficient (Wildman–Crippen LogP) is 2.73. The van der Waals surface area contributed by atoms with E-state index in [2.05, 4.69) is 18.8 Å². The summed E-state index contributed by atoms with van der Waals surface area (Å²) in [6.07, 6.45) is 0.971. The van der Waals surface area contributed by atoms with Crippen LogP contribution in [0.15, 0.2) is 12.1 Å². The van der Waals surface area contributed by atoms with E-state index in [1.807, 2.05) is 13.0 Å². The summed E-state index contributed by atoms with van der Waals surface area (Å²) in [5.41, 5.74) is 1.95. The molecule has 0 amide bonds. The molecule has 1 nitrogen and oxygen atoms in total. The Labute approximate surface area is 72.6 Å². The molecule has 1 rings (SSSR count). The standard InChI is InChI=1S/C10H14FN/c1-7(2)6-9-4-5-10(11)12-8(9)3/h4-5,7H,6H2,1-3H3. The van der Waals surface area contributed by atoms with Crippen molar-refractivity contribution in [2.24, 2.45) is 5.92 Å². The topological polar surface area (TPSA) is 12.9 Å². The normalized spacial score (nSPS) is 10.8. The zero-order valence-electron chi connectivity index (χ0n) is 7.76. The van der Waals surface area contributed by atoms with Gasteiger partial charge in [-0.3, -0.25) is 0 Å². The molecule has 0 aliphatic carbocycles. The highest BCUT2D eigenvalue weighted by Gasteiger charge is 2.03. The van der Waals surface area contributed by atoms with Crippen LogP contribution in [0.25, 0.3) is 0 Å². The van der Waals surface area contributed by atoms with Crippen molar-refractivity contribution in [1.29, 1.82) is 0 Å². The minimum absolute atomic E-state index is 0.389. The minimum atomic E-state index is -0.389. The maximum Gasteiger partial charge on any atom is 0.213 e. The van der Waals surface area contributed by atoms with Crippen molar-refractivity contribution < 1.29 is 4.39 Å². The van der Waals surface area contributed by atoms with Gasteiger partial charge in [0.25, 0.3) is 0 Å². The molecule has 0 radical (unpaired) electrons. The second-order valence-corrected chi connectivity index (χ2v) is 3.48. The first-order valence-corrected chi connectivity index (χ1v) is 4.21. The molecule has 1 aromatic heterocycles. The second-order valence-electron chi connectivity index (χ2n) is 3.48. The molecule has 1 heterocycles. The summed E-state index contributed by atoms with van der Waals surface area (Å²) in [5.74, 6) is 0.205. The van der Waals surface area contributed by atoms with Crippen LogP contribution in [0.2, 0.25) is 0 Å². The van der Waals surface area contributed by atoms with E-state index >= 15 is 0 Å². The van der Waals surface area contributed by atoms with Gasteiger partial charge in [-0.25, -0.2) is 4.98 Å². The van der Waals surface area contributed by atoms with Crippen molar-refractivity contribution in [2.45, 2.75) is 27.2 Å². The SMILES string of the molecule is Cc1nc(F)ccc1CC(C)C. The fraction of sp³-hybridized carbons (Fsp3) is 0.500. The maximum absolute atomic E-state index is 12.6. The zero-order chi connectivity index (χ0) is 9.14. The van der Waals surface area contributed by atoms with Gasteiger partial charge in [0, 0.05) is 5.69 Å². The van der Waals surface area contributed by atoms with E-state index in [9.17, 15) is 4.39 Å². The summed E-state index contributed by atoms with van der Waals surface area (Å²) in [7, 11) is 0. The molecule has 0 unspecified atom stereocenters. The van der Waals surface area contributed by atoms with E-state index in [4.69, 9.17) is 0 Å². The third-order valence-electron chi connectivity index (χ3n) is 1.79. The van der Waals surface area contributed by atoms with E-state index in [0.29, 0.717) is 5.92 Å². The maximum atomic E-state index is 12.6. The number of aromatic nitrogens is 1. The van der Waals surface area contributed by atoms with Gasteiger partial charge in [-0.2, -0.15) is 4.39 Å². The van der Waals surface area contributed by atoms with E-state index in [1.165, 1.54) is 6.07 Å². The molecule has 66 valence electrons. The fourth-order valence-corrected chi connectivity index (χ4v) is 1.21. The Bertz CT molecular complexity index is 269. The second kappa shape index (κ2) is 3.65. The molecule has 0 aliphatic heterocycles. The van der Waals surface area contributed by atoms with Gasteiger partial charge in [-0.05, 0) is 30.9 Å². The zero-order valence-corrected chi connectivity index (χ0v) is 7.76. The van der Waals surface area contributed by atoms with Gasteiger partial charge in [0.05, 0.1) is 0 Å². The molecule has 0 N–H and O–H groups in total. The van der Waals surface area contributed by atoms with Gasteiger partial charge >= 0.3 is 0 Å². The molecule has 0 spiro atoms. The largest absolute Gasteiger partial charge is 0.225 e. The van der Waals surface area contributed by atoms with Crippen LogP contribution in [0.1, 0.15) is 25.1 Å². The van der Waals surface area contributed by atoms with Crippen LogP contribution in [-0.4, -0.2) is 4.98 Å². The third kappa shape index (κ3) is 2.29. The molecule has 0 aromatic carbocycles. The highest BCUT2D eigenvalue weighted by molar-refractivity contribution is 5.19. The van der Waals surface area contributed by atoms with Crippen LogP contribution in [-0.2, 0) is 6.42 Å². The van der Waals surface area contributed by atoms with E-state index < -0.39 is 0 Å². The van der Waals surface area contributed by atoms with Gasteiger partial charge in [0.2, 0.25) is 5.95 Å². The monoisotopic (exact) mass is 167 g/mol. The Hall–Kier alpha value is -0.920. The summed E-state index contributed by atoms with van der Waals surface area (Å²) in [4.78, 5) is 3.76. The molecule has 0 saturated heterocycles.